The molecule has 0 bridgehead atoms. The van der Waals surface area contributed by atoms with Gasteiger partial charge in [-0.05, 0) is 184 Å². The zero-order valence-electron chi connectivity index (χ0n) is 45.3. The fourth-order valence-electron chi connectivity index (χ4n) is 9.34. The molecule has 0 aliphatic rings. The van der Waals surface area contributed by atoms with Gasteiger partial charge in [0.15, 0.2) is 0 Å². The molecule has 0 saturated carbocycles. The maximum absolute atomic E-state index is 6.90. The van der Waals surface area contributed by atoms with Gasteiger partial charge in [-0.2, -0.15) is 15.0 Å². The number of hydrogen-bond acceptors (Lipinski definition) is 12. The topological polar surface area (TPSA) is 136 Å². The lowest BCUT2D eigenvalue weighted by Crippen LogP contribution is -2.45. The first-order valence-corrected chi connectivity index (χ1v) is 24.7. The molecule has 0 radical (unpaired) electrons. The lowest BCUT2D eigenvalue weighted by molar-refractivity contribution is 0.325. The van der Waals surface area contributed by atoms with Crippen LogP contribution in [0.2, 0.25) is 0 Å². The van der Waals surface area contributed by atoms with E-state index in [9.17, 15) is 0 Å². The molecule has 3 heterocycles. The number of hydrogen-bond donors (Lipinski definition) is 0. The van der Waals surface area contributed by atoms with Gasteiger partial charge >= 0.3 is 34.9 Å². The Morgan fingerprint density at radius 3 is 0.636 bits per heavy atom. The predicted octanol–water partition coefficient (Wildman–Crippen LogP) is 8.47. The Labute approximate surface area is 396 Å². The third kappa shape index (κ3) is 12.3. The molecule has 1 aromatic carbocycles. The normalized spacial score (nSPS) is 12.4. The van der Waals surface area contributed by atoms with E-state index in [0.717, 1.165) is 0 Å². The highest BCUT2D eigenvalue weighted by Crippen LogP contribution is 2.32. The third-order valence-electron chi connectivity index (χ3n) is 11.5. The number of anilines is 3. The molecule has 0 unspecified atom stereocenters. The first kappa shape index (κ1) is 53.7. The highest BCUT2D eigenvalue weighted by molar-refractivity contribution is 5.74. The Morgan fingerprint density at radius 2 is 0.485 bits per heavy atom. The molecule has 0 atom stereocenters. The SMILES string of the molecule is CC(C)N(c1nc(-c2cc(-c3nc(N(C(C)C)C(C)C)nc(=[N+](C(C)C)C(C)C)o3)cc(-c3nc(N(C(C)C)C(C)C)nc(=[N+](C(C)C)C(C)C)o3)c2)oc(=[N+](C(C)C)C(C)C)n1)C(C)C. The van der Waals surface area contributed by atoms with Crippen LogP contribution in [0.3, 0.4) is 0 Å². The fourth-order valence-corrected chi connectivity index (χ4v) is 9.34. The Hall–Kier alpha value is -4.95. The van der Waals surface area contributed by atoms with Crippen LogP contribution in [0.1, 0.15) is 166 Å². The Morgan fingerprint density at radius 1 is 0.303 bits per heavy atom. The second kappa shape index (κ2) is 22.2. The zero-order chi connectivity index (χ0) is 49.8. The first-order chi connectivity index (χ1) is 30.7. The summed E-state index contributed by atoms with van der Waals surface area (Å²) in [6, 6.07) is 7.31. The van der Waals surface area contributed by atoms with Crippen molar-refractivity contribution in [2.45, 2.75) is 239 Å². The van der Waals surface area contributed by atoms with Crippen LogP contribution in [0.5, 0.6) is 0 Å². The minimum absolute atomic E-state index is 0.0931. The maximum atomic E-state index is 6.90. The summed E-state index contributed by atoms with van der Waals surface area (Å²) in [5.74, 6) is 2.87. The highest BCUT2D eigenvalue weighted by atomic mass is 16.4. The summed E-state index contributed by atoms with van der Waals surface area (Å²) in [5, 5.41) is 0. The van der Waals surface area contributed by atoms with E-state index < -0.39 is 0 Å². The molecule has 15 nitrogen and oxygen atoms in total. The van der Waals surface area contributed by atoms with Crippen LogP contribution in [0, 0.1) is 0 Å². The maximum Gasteiger partial charge on any atom is 0.504 e. The van der Waals surface area contributed by atoms with Crippen molar-refractivity contribution in [3.05, 3.63) is 35.3 Å². The van der Waals surface area contributed by atoms with Crippen LogP contribution in [-0.2, 0) is 0 Å². The lowest BCUT2D eigenvalue weighted by Gasteiger charge is -2.28. The second-order valence-corrected chi connectivity index (χ2v) is 21.0. The molecule has 0 spiro atoms. The molecule has 0 amide bonds. The molecule has 4 aromatic rings. The van der Waals surface area contributed by atoms with Gasteiger partial charge in [-0.1, -0.05) is 0 Å². The summed E-state index contributed by atoms with van der Waals surface area (Å²) in [4.78, 5) is 37.8. The number of rotatable bonds is 18. The van der Waals surface area contributed by atoms with Crippen LogP contribution in [0.4, 0.5) is 17.8 Å². The van der Waals surface area contributed by atoms with E-state index in [2.05, 4.69) is 195 Å². The van der Waals surface area contributed by atoms with Gasteiger partial charge in [0.25, 0.3) is 0 Å². The molecule has 4 rings (SSSR count). The molecular weight excluding hydrogens is 829 g/mol. The summed E-state index contributed by atoms with van der Waals surface area (Å²) in [7, 11) is 0. The van der Waals surface area contributed by atoms with Gasteiger partial charge in [-0.15, -0.1) is 0 Å². The van der Waals surface area contributed by atoms with Gasteiger partial charge < -0.3 is 28.0 Å². The highest BCUT2D eigenvalue weighted by Gasteiger charge is 2.32. The Kier molecular flexibility index (Phi) is 18.1. The van der Waals surface area contributed by atoms with Crippen molar-refractivity contribution < 1.29 is 13.3 Å². The average Bonchev–Trinajstić information content (AvgIpc) is 3.16. The Balaban J connectivity index is 2.41. The van der Waals surface area contributed by atoms with Crippen LogP contribution in [-0.4, -0.2) is 102 Å². The molecule has 0 N–H and O–H groups in total. The van der Waals surface area contributed by atoms with Crippen LogP contribution < -0.4 is 45.5 Å². The van der Waals surface area contributed by atoms with Crippen molar-refractivity contribution in [3.8, 4) is 34.4 Å². The minimum atomic E-state index is 0.0931. The second-order valence-electron chi connectivity index (χ2n) is 21.0. The zero-order valence-corrected chi connectivity index (χ0v) is 45.3. The van der Waals surface area contributed by atoms with Gasteiger partial charge in [0.2, 0.25) is 17.7 Å². The summed E-state index contributed by atoms with van der Waals surface area (Å²) < 4.78 is 27.3. The van der Waals surface area contributed by atoms with E-state index in [0.29, 0.717) is 69.3 Å². The molecule has 0 aliphatic carbocycles. The number of aromatic nitrogens is 6. The molecule has 15 heteroatoms. The number of benzene rings is 1. The molecular formula is C51H87N12O3+3. The van der Waals surface area contributed by atoms with Gasteiger partial charge in [0.1, 0.15) is 0 Å². The summed E-state index contributed by atoms with van der Waals surface area (Å²) in [6.07, 6.45) is 0. The predicted molar refractivity (Wildman–Crippen MR) is 271 cm³/mol. The fraction of sp³-hybridized carbons (Fsp3) is 0.706. The molecule has 366 valence electrons. The number of nitrogens with zero attached hydrogens (tertiary/aromatic N) is 12. The first-order valence-electron chi connectivity index (χ1n) is 24.7. The average molecular weight is 916 g/mol. The van der Waals surface area contributed by atoms with E-state index in [1.165, 1.54) is 0 Å². The summed E-state index contributed by atoms with van der Waals surface area (Å²) in [5.41, 5.74) is 3.45. The third-order valence-corrected chi connectivity index (χ3v) is 11.5. The van der Waals surface area contributed by atoms with E-state index in [-0.39, 0.29) is 72.5 Å². The molecule has 0 fully saturated rings. The van der Waals surface area contributed by atoms with Gasteiger partial charge in [-0.3, -0.25) is 0 Å². The minimum Gasteiger partial charge on any atom is -0.369 e. The molecule has 3 aromatic heterocycles. The molecule has 0 saturated heterocycles. The summed E-state index contributed by atoms with van der Waals surface area (Å²) in [6.45, 7) is 51.8. The Bertz CT molecular complexity index is 2130. The summed E-state index contributed by atoms with van der Waals surface area (Å²) >= 11 is 0. The quantitative estimate of drug-likeness (QED) is 0.0887. The van der Waals surface area contributed by atoms with Crippen molar-refractivity contribution in [2.75, 3.05) is 14.7 Å². The van der Waals surface area contributed by atoms with Crippen LogP contribution >= 0.6 is 0 Å². The van der Waals surface area contributed by atoms with Gasteiger partial charge in [-0.25, -0.2) is 13.7 Å². The van der Waals surface area contributed by atoms with Crippen molar-refractivity contribution >= 4 is 17.8 Å². The van der Waals surface area contributed by atoms with Crippen LogP contribution in [0.25, 0.3) is 34.4 Å². The largest absolute Gasteiger partial charge is 0.504 e. The van der Waals surface area contributed by atoms with Gasteiger partial charge in [0.05, 0.1) is 36.3 Å². The lowest BCUT2D eigenvalue weighted by atomic mass is 10.0. The van der Waals surface area contributed by atoms with Crippen molar-refractivity contribution in [2.24, 2.45) is 0 Å². The molecule has 66 heavy (non-hydrogen) atoms. The van der Waals surface area contributed by atoms with Gasteiger partial charge in [0, 0.05) is 67.9 Å². The van der Waals surface area contributed by atoms with E-state index in [1.807, 2.05) is 18.2 Å². The standard InChI is InChI=1S/C51H87N12O3/c1-28(2)58(29(3)4)46-52-43(64-49(55-46)61(34(13)14)35(15)16)40-25-41(44-53-47(59(30(5)6)31(7)8)56-50(65-44)62(36(17)18)37(19)20)27-42(26-40)45-54-48(60(32(9)10)33(11)12)57-51(66-45)63(38(21)22)39(23)24/h25-39H,1-24H3/q+3. The van der Waals surface area contributed by atoms with E-state index in [4.69, 9.17) is 43.2 Å². The van der Waals surface area contributed by atoms with Crippen molar-refractivity contribution in [1.82, 2.24) is 43.6 Å². The van der Waals surface area contributed by atoms with Crippen LogP contribution in [0.15, 0.2) is 31.5 Å². The smallest absolute Gasteiger partial charge is 0.369 e. The van der Waals surface area contributed by atoms with Crippen molar-refractivity contribution in [1.29, 1.82) is 0 Å². The monoisotopic (exact) mass is 916 g/mol. The molecule has 0 aliphatic heterocycles. The van der Waals surface area contributed by atoms with E-state index in [1.54, 1.807) is 0 Å². The van der Waals surface area contributed by atoms with E-state index >= 15 is 0 Å². The van der Waals surface area contributed by atoms with Crippen molar-refractivity contribution in [3.63, 3.8) is 0 Å².